The lowest BCUT2D eigenvalue weighted by Crippen LogP contribution is -2.05. The van der Waals surface area contributed by atoms with Crippen LogP contribution < -0.4 is 0 Å². The molecule has 0 amide bonds. The zero-order chi connectivity index (χ0) is 22.1. The van der Waals surface area contributed by atoms with Crippen LogP contribution in [0.5, 0.6) is 0 Å². The number of aryl methyl sites for hydroxylation is 3. The highest BCUT2D eigenvalue weighted by Crippen LogP contribution is 2.26. The van der Waals surface area contributed by atoms with E-state index in [4.69, 9.17) is 17.3 Å². The minimum Gasteiger partial charge on any atom is -0.392 e. The van der Waals surface area contributed by atoms with E-state index in [1.165, 1.54) is 5.56 Å². The van der Waals surface area contributed by atoms with Crippen molar-refractivity contribution in [2.45, 2.75) is 26.5 Å². The molecular formula is C25H23N5OS. The summed E-state index contributed by atoms with van der Waals surface area (Å²) in [5, 5.41) is 14.8. The highest BCUT2D eigenvalue weighted by Gasteiger charge is 2.17. The molecule has 0 spiro atoms. The maximum atomic E-state index is 9.89. The quantitative estimate of drug-likeness (QED) is 0.364. The molecule has 0 saturated heterocycles. The summed E-state index contributed by atoms with van der Waals surface area (Å²) in [7, 11) is 0. The molecule has 0 aliphatic heterocycles. The van der Waals surface area contributed by atoms with Gasteiger partial charge in [0.25, 0.3) is 0 Å². The molecule has 0 fully saturated rings. The average Bonchev–Trinajstić information content (AvgIpc) is 3.38. The molecule has 5 rings (SSSR count). The lowest BCUT2D eigenvalue weighted by Gasteiger charge is -2.10. The van der Waals surface area contributed by atoms with Gasteiger partial charge in [0.15, 0.2) is 5.82 Å². The van der Waals surface area contributed by atoms with Gasteiger partial charge in [0.2, 0.25) is 4.77 Å². The Balaban J connectivity index is 1.57. The number of aromatic amines is 1. The van der Waals surface area contributed by atoms with Crippen LogP contribution in [0.4, 0.5) is 0 Å². The third kappa shape index (κ3) is 3.77. The Morgan fingerprint density at radius 2 is 1.72 bits per heavy atom. The zero-order valence-corrected chi connectivity index (χ0v) is 18.5. The van der Waals surface area contributed by atoms with Gasteiger partial charge in [-0.15, -0.1) is 0 Å². The van der Waals surface area contributed by atoms with E-state index in [-0.39, 0.29) is 6.61 Å². The number of imidazole rings is 1. The van der Waals surface area contributed by atoms with Gasteiger partial charge in [-0.25, -0.2) is 9.67 Å². The summed E-state index contributed by atoms with van der Waals surface area (Å²) in [6.07, 6.45) is 0.676. The SMILES string of the molecule is Cc1ccc(-n2c(-c3ccccc3CO)nn(CCc3nc4ccccc4[nH]3)c2=S)cc1. The molecule has 5 aromatic rings. The molecule has 0 atom stereocenters. The first-order valence-electron chi connectivity index (χ1n) is 10.5. The number of aliphatic hydroxyl groups is 1. The Labute approximate surface area is 190 Å². The Kier molecular flexibility index (Phi) is 5.43. The molecule has 0 saturated carbocycles. The second-order valence-electron chi connectivity index (χ2n) is 7.77. The molecule has 32 heavy (non-hydrogen) atoms. The van der Waals surface area contributed by atoms with Crippen molar-refractivity contribution < 1.29 is 5.11 Å². The van der Waals surface area contributed by atoms with E-state index < -0.39 is 0 Å². The van der Waals surface area contributed by atoms with Crippen LogP contribution in [0.2, 0.25) is 0 Å². The minimum absolute atomic E-state index is 0.0668. The summed E-state index contributed by atoms with van der Waals surface area (Å²) in [5.41, 5.74) is 5.77. The zero-order valence-electron chi connectivity index (χ0n) is 17.7. The molecule has 6 nitrogen and oxygen atoms in total. The molecule has 2 N–H and O–H groups in total. The first kappa shape index (κ1) is 20.4. The van der Waals surface area contributed by atoms with Gasteiger partial charge in [0.1, 0.15) is 5.82 Å². The number of hydrogen-bond donors (Lipinski definition) is 2. The predicted molar refractivity (Wildman–Crippen MR) is 128 cm³/mol. The van der Waals surface area contributed by atoms with Gasteiger partial charge in [-0.2, -0.15) is 5.10 Å². The van der Waals surface area contributed by atoms with E-state index in [1.807, 2.05) is 69.9 Å². The van der Waals surface area contributed by atoms with Gasteiger partial charge in [-0.1, -0.05) is 54.1 Å². The molecule has 7 heteroatoms. The molecule has 0 aliphatic carbocycles. The number of aromatic nitrogens is 5. The summed E-state index contributed by atoms with van der Waals surface area (Å²) in [6.45, 7) is 2.58. The van der Waals surface area contributed by atoms with Gasteiger partial charge >= 0.3 is 0 Å². The molecular weight excluding hydrogens is 418 g/mol. The maximum Gasteiger partial charge on any atom is 0.202 e. The summed E-state index contributed by atoms with van der Waals surface area (Å²) in [5.74, 6) is 1.61. The number of hydrogen-bond acceptors (Lipinski definition) is 4. The number of benzene rings is 3. The van der Waals surface area contributed by atoms with Gasteiger partial charge in [-0.05, 0) is 49.0 Å². The molecule has 0 unspecified atom stereocenters. The number of para-hydroxylation sites is 2. The van der Waals surface area contributed by atoms with Crippen molar-refractivity contribution >= 4 is 23.3 Å². The number of rotatable bonds is 6. The van der Waals surface area contributed by atoms with Crippen LogP contribution in [-0.4, -0.2) is 29.4 Å². The average molecular weight is 442 g/mol. The first-order chi connectivity index (χ1) is 15.6. The topological polar surface area (TPSA) is 71.7 Å². The van der Waals surface area contributed by atoms with E-state index in [2.05, 4.69) is 29.0 Å². The minimum atomic E-state index is -0.0668. The third-order valence-electron chi connectivity index (χ3n) is 5.56. The largest absolute Gasteiger partial charge is 0.392 e. The van der Waals surface area contributed by atoms with Crippen LogP contribution in [0.3, 0.4) is 0 Å². The predicted octanol–water partition coefficient (Wildman–Crippen LogP) is 4.99. The van der Waals surface area contributed by atoms with Crippen molar-refractivity contribution in [1.29, 1.82) is 0 Å². The fraction of sp³-hybridized carbons (Fsp3) is 0.160. The van der Waals surface area contributed by atoms with Crippen LogP contribution in [0.25, 0.3) is 28.1 Å². The van der Waals surface area contributed by atoms with Crippen molar-refractivity contribution in [2.24, 2.45) is 0 Å². The number of fused-ring (bicyclic) bond motifs is 1. The normalized spacial score (nSPS) is 11.3. The molecule has 0 radical (unpaired) electrons. The lowest BCUT2D eigenvalue weighted by molar-refractivity contribution is 0.282. The third-order valence-corrected chi connectivity index (χ3v) is 5.95. The first-order valence-corrected chi connectivity index (χ1v) is 10.9. The summed E-state index contributed by atoms with van der Waals surface area (Å²) >= 11 is 5.86. The Morgan fingerprint density at radius 1 is 0.969 bits per heavy atom. The van der Waals surface area contributed by atoms with Crippen molar-refractivity contribution in [2.75, 3.05) is 0 Å². The molecule has 160 valence electrons. The van der Waals surface area contributed by atoms with Crippen LogP contribution in [0, 0.1) is 11.7 Å². The second kappa shape index (κ2) is 8.53. The van der Waals surface area contributed by atoms with E-state index in [1.54, 1.807) is 0 Å². The molecule has 2 aromatic heterocycles. The van der Waals surface area contributed by atoms with E-state index in [0.717, 1.165) is 33.7 Å². The van der Waals surface area contributed by atoms with E-state index in [9.17, 15) is 5.11 Å². The van der Waals surface area contributed by atoms with Crippen LogP contribution in [0.1, 0.15) is 17.0 Å². The van der Waals surface area contributed by atoms with Crippen molar-refractivity contribution in [3.8, 4) is 17.1 Å². The van der Waals surface area contributed by atoms with Crippen molar-refractivity contribution in [3.63, 3.8) is 0 Å². The van der Waals surface area contributed by atoms with Crippen LogP contribution in [0.15, 0.2) is 72.8 Å². The fourth-order valence-corrected chi connectivity index (χ4v) is 4.19. The van der Waals surface area contributed by atoms with Crippen LogP contribution in [-0.2, 0) is 19.6 Å². The summed E-state index contributed by atoms with van der Waals surface area (Å²) in [6, 6.07) is 23.9. The van der Waals surface area contributed by atoms with Crippen molar-refractivity contribution in [3.05, 3.63) is 94.5 Å². The number of aliphatic hydroxyl groups excluding tert-OH is 1. The fourth-order valence-electron chi connectivity index (χ4n) is 3.87. The molecule has 2 heterocycles. The van der Waals surface area contributed by atoms with Crippen LogP contribution >= 0.6 is 12.2 Å². The maximum absolute atomic E-state index is 9.89. The number of nitrogens with zero attached hydrogens (tertiary/aromatic N) is 4. The number of H-pyrrole nitrogens is 1. The van der Waals surface area contributed by atoms with Gasteiger partial charge in [-0.3, -0.25) is 4.57 Å². The standard InChI is InChI=1S/C25H23N5OS/c1-17-10-12-19(13-11-17)30-24(20-7-3-2-6-18(20)16-31)28-29(25(30)32)15-14-23-26-21-8-4-5-9-22(21)27-23/h2-13,31H,14-16H2,1H3,(H,26,27). The molecule has 0 bridgehead atoms. The number of nitrogens with one attached hydrogen (secondary N) is 1. The van der Waals surface area contributed by atoms with Gasteiger partial charge in [0, 0.05) is 17.7 Å². The Hall–Kier alpha value is -3.55. The monoisotopic (exact) mass is 441 g/mol. The Bertz CT molecular complexity index is 1410. The van der Waals surface area contributed by atoms with E-state index in [0.29, 0.717) is 23.6 Å². The second-order valence-corrected chi connectivity index (χ2v) is 8.13. The Morgan fingerprint density at radius 3 is 2.50 bits per heavy atom. The van der Waals surface area contributed by atoms with E-state index >= 15 is 0 Å². The smallest absolute Gasteiger partial charge is 0.202 e. The highest BCUT2D eigenvalue weighted by molar-refractivity contribution is 7.71. The lowest BCUT2D eigenvalue weighted by atomic mass is 10.1. The summed E-state index contributed by atoms with van der Waals surface area (Å²) in [4.78, 5) is 8.04. The molecule has 3 aromatic carbocycles. The summed E-state index contributed by atoms with van der Waals surface area (Å²) < 4.78 is 4.42. The highest BCUT2D eigenvalue weighted by atomic mass is 32.1. The van der Waals surface area contributed by atoms with Crippen molar-refractivity contribution in [1.82, 2.24) is 24.3 Å². The molecule has 0 aliphatic rings. The van der Waals surface area contributed by atoms with Gasteiger partial charge in [0.05, 0.1) is 24.2 Å². The van der Waals surface area contributed by atoms with Gasteiger partial charge < -0.3 is 10.1 Å².